The maximum Gasteiger partial charge on any atom is 0.262 e. The lowest BCUT2D eigenvalue weighted by Crippen LogP contribution is -2.16. The Kier molecular flexibility index (Phi) is 3.81. The molecule has 0 unspecified atom stereocenters. The first kappa shape index (κ1) is 14.5. The van der Waals surface area contributed by atoms with Crippen LogP contribution >= 0.6 is 0 Å². The SMILES string of the molecule is Cc1cccc(NS(=O)(=O)c2c(C)cc(F)cc2C)c1. The summed E-state index contributed by atoms with van der Waals surface area (Å²) in [5.74, 6) is -0.436. The molecule has 0 saturated carbocycles. The van der Waals surface area contributed by atoms with Crippen molar-refractivity contribution in [1.29, 1.82) is 0 Å². The van der Waals surface area contributed by atoms with Gasteiger partial charge in [0.2, 0.25) is 0 Å². The summed E-state index contributed by atoms with van der Waals surface area (Å²) in [5, 5.41) is 0. The number of rotatable bonds is 3. The van der Waals surface area contributed by atoms with Crippen LogP contribution < -0.4 is 4.72 Å². The van der Waals surface area contributed by atoms with Gasteiger partial charge in [-0.2, -0.15) is 0 Å². The molecule has 2 rings (SSSR count). The van der Waals surface area contributed by atoms with Crippen molar-refractivity contribution < 1.29 is 12.8 Å². The number of anilines is 1. The van der Waals surface area contributed by atoms with Crippen LogP contribution in [-0.4, -0.2) is 8.42 Å². The summed E-state index contributed by atoms with van der Waals surface area (Å²) in [7, 11) is -3.72. The van der Waals surface area contributed by atoms with Crippen molar-refractivity contribution in [3.8, 4) is 0 Å². The van der Waals surface area contributed by atoms with Crippen LogP contribution in [0.1, 0.15) is 16.7 Å². The average molecular weight is 293 g/mol. The minimum absolute atomic E-state index is 0.125. The molecule has 1 N–H and O–H groups in total. The number of sulfonamides is 1. The van der Waals surface area contributed by atoms with E-state index in [4.69, 9.17) is 0 Å². The molecular formula is C15H16FNO2S. The van der Waals surface area contributed by atoms with E-state index in [2.05, 4.69) is 4.72 Å². The fourth-order valence-electron chi connectivity index (χ4n) is 2.24. The topological polar surface area (TPSA) is 46.2 Å². The second kappa shape index (κ2) is 5.25. The largest absolute Gasteiger partial charge is 0.280 e. The van der Waals surface area contributed by atoms with Gasteiger partial charge in [-0.25, -0.2) is 12.8 Å². The lowest BCUT2D eigenvalue weighted by Gasteiger charge is -2.13. The first-order valence-corrected chi connectivity index (χ1v) is 7.64. The van der Waals surface area contributed by atoms with Gasteiger partial charge in [-0.15, -0.1) is 0 Å². The van der Waals surface area contributed by atoms with Crippen LogP contribution in [0.3, 0.4) is 0 Å². The first-order valence-electron chi connectivity index (χ1n) is 6.16. The normalized spacial score (nSPS) is 11.4. The summed E-state index contributed by atoms with van der Waals surface area (Å²) in [5.41, 5.74) is 2.23. The van der Waals surface area contributed by atoms with Gasteiger partial charge in [0.25, 0.3) is 10.0 Å². The van der Waals surface area contributed by atoms with Gasteiger partial charge < -0.3 is 0 Å². The van der Waals surface area contributed by atoms with Crippen LogP contribution in [0.2, 0.25) is 0 Å². The van der Waals surface area contributed by atoms with E-state index in [9.17, 15) is 12.8 Å². The van der Waals surface area contributed by atoms with Gasteiger partial charge in [0.05, 0.1) is 4.90 Å². The highest BCUT2D eigenvalue weighted by Gasteiger charge is 2.20. The quantitative estimate of drug-likeness (QED) is 0.940. The Morgan fingerprint density at radius 2 is 1.60 bits per heavy atom. The summed E-state index contributed by atoms with van der Waals surface area (Å²) in [6.45, 7) is 5.05. The van der Waals surface area contributed by atoms with Crippen LogP contribution in [0.4, 0.5) is 10.1 Å². The molecule has 0 aliphatic rings. The third-order valence-electron chi connectivity index (χ3n) is 2.96. The van der Waals surface area contributed by atoms with Gasteiger partial charge in [0, 0.05) is 5.69 Å². The first-order chi connectivity index (χ1) is 9.29. The minimum Gasteiger partial charge on any atom is -0.280 e. The second-order valence-corrected chi connectivity index (χ2v) is 6.46. The van der Waals surface area contributed by atoms with Crippen LogP contribution in [0.25, 0.3) is 0 Å². The summed E-state index contributed by atoms with van der Waals surface area (Å²) in [4.78, 5) is 0.125. The molecular weight excluding hydrogens is 277 g/mol. The maximum atomic E-state index is 13.3. The van der Waals surface area contributed by atoms with Crippen molar-refractivity contribution in [2.24, 2.45) is 0 Å². The van der Waals surface area contributed by atoms with Gasteiger partial charge in [0.15, 0.2) is 0 Å². The van der Waals surface area contributed by atoms with E-state index in [1.165, 1.54) is 12.1 Å². The molecule has 0 aromatic heterocycles. The zero-order chi connectivity index (χ0) is 14.9. The van der Waals surface area contributed by atoms with Crippen molar-refractivity contribution in [2.75, 3.05) is 4.72 Å². The van der Waals surface area contributed by atoms with Crippen molar-refractivity contribution >= 4 is 15.7 Å². The highest BCUT2D eigenvalue weighted by molar-refractivity contribution is 7.92. The van der Waals surface area contributed by atoms with Crippen molar-refractivity contribution in [1.82, 2.24) is 0 Å². The van der Waals surface area contributed by atoms with Gasteiger partial charge in [-0.1, -0.05) is 12.1 Å². The standard InChI is InChI=1S/C15H16FNO2S/c1-10-5-4-6-14(7-10)17-20(18,19)15-11(2)8-13(16)9-12(15)3/h4-9,17H,1-3H3. The Hall–Kier alpha value is -1.88. The highest BCUT2D eigenvalue weighted by atomic mass is 32.2. The van der Waals surface area contributed by atoms with E-state index < -0.39 is 15.8 Å². The van der Waals surface area contributed by atoms with Crippen molar-refractivity contribution in [3.63, 3.8) is 0 Å². The highest BCUT2D eigenvalue weighted by Crippen LogP contribution is 2.24. The van der Waals surface area contributed by atoms with Gasteiger partial charge in [0.1, 0.15) is 5.82 Å². The Morgan fingerprint density at radius 3 is 2.15 bits per heavy atom. The summed E-state index contributed by atoms with van der Waals surface area (Å²) in [6, 6.07) is 9.52. The molecule has 0 amide bonds. The van der Waals surface area contributed by atoms with Crippen LogP contribution in [0.5, 0.6) is 0 Å². The van der Waals surface area contributed by atoms with Gasteiger partial charge >= 0.3 is 0 Å². The Labute approximate surface area is 118 Å². The molecule has 3 nitrogen and oxygen atoms in total. The number of nitrogens with one attached hydrogen (secondary N) is 1. The third-order valence-corrected chi connectivity index (χ3v) is 4.65. The van der Waals surface area contributed by atoms with E-state index in [1.54, 1.807) is 32.0 Å². The molecule has 5 heteroatoms. The monoisotopic (exact) mass is 293 g/mol. The van der Waals surface area contributed by atoms with Crippen LogP contribution in [0, 0.1) is 26.6 Å². The number of hydrogen-bond donors (Lipinski definition) is 1. The lowest BCUT2D eigenvalue weighted by atomic mass is 10.1. The zero-order valence-corrected chi connectivity index (χ0v) is 12.4. The van der Waals surface area contributed by atoms with E-state index >= 15 is 0 Å². The van der Waals surface area contributed by atoms with Gasteiger partial charge in [-0.3, -0.25) is 4.72 Å². The molecule has 0 saturated heterocycles. The average Bonchev–Trinajstić information content (AvgIpc) is 2.25. The molecule has 0 spiro atoms. The Morgan fingerprint density at radius 1 is 1.00 bits per heavy atom. The predicted octanol–water partition coefficient (Wildman–Crippen LogP) is 3.55. The molecule has 2 aromatic rings. The molecule has 0 aliphatic heterocycles. The fourth-order valence-corrected chi connectivity index (χ4v) is 3.74. The number of halogens is 1. The maximum absolute atomic E-state index is 13.3. The zero-order valence-electron chi connectivity index (χ0n) is 11.6. The molecule has 0 atom stereocenters. The molecule has 0 bridgehead atoms. The molecule has 20 heavy (non-hydrogen) atoms. The molecule has 2 aromatic carbocycles. The smallest absolute Gasteiger partial charge is 0.262 e. The Balaban J connectivity index is 2.46. The molecule has 0 fully saturated rings. The molecule has 0 radical (unpaired) electrons. The minimum atomic E-state index is -3.72. The van der Waals surface area contributed by atoms with E-state index in [-0.39, 0.29) is 4.90 Å². The van der Waals surface area contributed by atoms with Gasteiger partial charge in [-0.05, 0) is 61.7 Å². The van der Waals surface area contributed by atoms with E-state index in [1.807, 2.05) is 13.0 Å². The third kappa shape index (κ3) is 2.99. The van der Waals surface area contributed by atoms with Crippen LogP contribution in [0.15, 0.2) is 41.3 Å². The van der Waals surface area contributed by atoms with Crippen molar-refractivity contribution in [3.05, 3.63) is 58.9 Å². The second-order valence-electron chi connectivity index (χ2n) is 4.84. The van der Waals surface area contributed by atoms with E-state index in [0.717, 1.165) is 5.56 Å². The van der Waals surface area contributed by atoms with Crippen molar-refractivity contribution in [2.45, 2.75) is 25.7 Å². The van der Waals surface area contributed by atoms with Crippen LogP contribution in [-0.2, 0) is 10.0 Å². The molecule has 0 heterocycles. The number of benzene rings is 2. The molecule has 106 valence electrons. The summed E-state index contributed by atoms with van der Waals surface area (Å²) >= 11 is 0. The predicted molar refractivity (Wildman–Crippen MR) is 77.9 cm³/mol. The number of hydrogen-bond acceptors (Lipinski definition) is 2. The fraction of sp³-hybridized carbons (Fsp3) is 0.200. The Bertz CT molecular complexity index is 731. The summed E-state index contributed by atoms with van der Waals surface area (Å²) in [6.07, 6.45) is 0. The number of aryl methyl sites for hydroxylation is 3. The lowest BCUT2D eigenvalue weighted by molar-refractivity contribution is 0.597. The van der Waals surface area contributed by atoms with E-state index in [0.29, 0.717) is 16.8 Å². The molecule has 0 aliphatic carbocycles. The summed E-state index contributed by atoms with van der Waals surface area (Å²) < 4.78 is 40.7.